The molecule has 0 aliphatic carbocycles. The Hall–Kier alpha value is -1.88. The Bertz CT molecular complexity index is 449. The number of pyridine rings is 1. The predicted octanol–water partition coefficient (Wildman–Crippen LogP) is 0.853. The summed E-state index contributed by atoms with van der Waals surface area (Å²) in [6, 6.07) is 3.73. The lowest BCUT2D eigenvalue weighted by Gasteiger charge is -2.06. The van der Waals surface area contributed by atoms with Gasteiger partial charge < -0.3 is 15.0 Å². The highest BCUT2D eigenvalue weighted by atomic mass is 16.5. The van der Waals surface area contributed by atoms with Crippen molar-refractivity contribution in [2.45, 2.75) is 13.2 Å². The molecule has 0 fully saturated rings. The molecule has 2 N–H and O–H groups in total. The maximum atomic E-state index is 5.57. The topological polar surface area (TPSA) is 66.0 Å². The highest BCUT2D eigenvalue weighted by Gasteiger charge is 2.00. The van der Waals surface area contributed by atoms with Crippen LogP contribution in [0.1, 0.15) is 11.4 Å². The predicted molar refractivity (Wildman–Crippen MR) is 59.7 cm³/mol. The second kappa shape index (κ2) is 4.76. The molecule has 0 radical (unpaired) electrons. The molecule has 0 aromatic carbocycles. The molecule has 2 aromatic heterocycles. The van der Waals surface area contributed by atoms with Crippen LogP contribution in [0.15, 0.2) is 30.9 Å². The van der Waals surface area contributed by atoms with Crippen molar-refractivity contribution in [1.29, 1.82) is 0 Å². The van der Waals surface area contributed by atoms with Gasteiger partial charge in [0.05, 0.1) is 30.1 Å². The van der Waals surface area contributed by atoms with Crippen LogP contribution in [-0.2, 0) is 20.2 Å². The Morgan fingerprint density at radius 1 is 1.38 bits per heavy atom. The Morgan fingerprint density at radius 2 is 2.25 bits per heavy atom. The highest BCUT2D eigenvalue weighted by Crippen LogP contribution is 2.11. The van der Waals surface area contributed by atoms with Crippen LogP contribution in [0.4, 0.5) is 0 Å². The van der Waals surface area contributed by atoms with Crippen LogP contribution in [0, 0.1) is 0 Å². The van der Waals surface area contributed by atoms with Gasteiger partial charge in [-0.3, -0.25) is 4.98 Å². The molecule has 0 saturated carbocycles. The number of aromatic nitrogens is 3. The van der Waals surface area contributed by atoms with Gasteiger partial charge in [0.1, 0.15) is 12.4 Å². The minimum absolute atomic E-state index is 0.446. The Labute approximate surface area is 93.9 Å². The van der Waals surface area contributed by atoms with Crippen molar-refractivity contribution in [3.63, 3.8) is 0 Å². The van der Waals surface area contributed by atoms with Gasteiger partial charge in [-0.05, 0) is 12.1 Å². The standard InChI is InChI=1S/C11H14N4O/c1-15-8-13-5-10(15)7-16-11-3-2-9(4-12)14-6-11/h2-3,5-6,8H,4,7,12H2,1H3. The minimum Gasteiger partial charge on any atom is -0.486 e. The number of imidazole rings is 1. The van der Waals surface area contributed by atoms with Crippen molar-refractivity contribution in [3.8, 4) is 5.75 Å². The Kier molecular flexibility index (Phi) is 3.16. The van der Waals surface area contributed by atoms with Crippen LogP contribution >= 0.6 is 0 Å². The second-order valence-corrected chi connectivity index (χ2v) is 3.47. The summed E-state index contributed by atoms with van der Waals surface area (Å²) in [4.78, 5) is 8.16. The zero-order chi connectivity index (χ0) is 11.4. The molecule has 0 aliphatic heterocycles. The number of rotatable bonds is 4. The summed E-state index contributed by atoms with van der Waals surface area (Å²) in [6.45, 7) is 0.933. The van der Waals surface area contributed by atoms with Crippen molar-refractivity contribution in [3.05, 3.63) is 42.2 Å². The number of nitrogens with zero attached hydrogens (tertiary/aromatic N) is 3. The first-order valence-electron chi connectivity index (χ1n) is 5.02. The number of aryl methyl sites for hydroxylation is 1. The Morgan fingerprint density at radius 3 is 2.81 bits per heavy atom. The van der Waals surface area contributed by atoms with E-state index in [9.17, 15) is 0 Å². The van der Waals surface area contributed by atoms with Gasteiger partial charge >= 0.3 is 0 Å². The molecule has 0 spiro atoms. The minimum atomic E-state index is 0.446. The summed E-state index contributed by atoms with van der Waals surface area (Å²) in [6.07, 6.45) is 5.20. The third-order valence-corrected chi connectivity index (χ3v) is 2.31. The SMILES string of the molecule is Cn1cncc1COc1ccc(CN)nc1. The fourth-order valence-electron chi connectivity index (χ4n) is 1.30. The summed E-state index contributed by atoms with van der Waals surface area (Å²) >= 11 is 0. The summed E-state index contributed by atoms with van der Waals surface area (Å²) in [5, 5.41) is 0. The molecule has 2 rings (SSSR count). The molecule has 84 valence electrons. The van der Waals surface area contributed by atoms with Gasteiger partial charge in [-0.1, -0.05) is 0 Å². The molecule has 2 aromatic rings. The average molecular weight is 218 g/mol. The quantitative estimate of drug-likeness (QED) is 0.826. The van der Waals surface area contributed by atoms with E-state index < -0.39 is 0 Å². The molecule has 5 heteroatoms. The normalized spacial score (nSPS) is 10.4. The Balaban J connectivity index is 1.97. The molecule has 0 unspecified atom stereocenters. The lowest BCUT2D eigenvalue weighted by molar-refractivity contribution is 0.296. The molecule has 0 amide bonds. The van der Waals surface area contributed by atoms with Crippen molar-refractivity contribution in [1.82, 2.24) is 14.5 Å². The van der Waals surface area contributed by atoms with Crippen molar-refractivity contribution in [2.24, 2.45) is 12.8 Å². The van der Waals surface area contributed by atoms with Crippen molar-refractivity contribution >= 4 is 0 Å². The fraction of sp³-hybridized carbons (Fsp3) is 0.273. The van der Waals surface area contributed by atoms with Gasteiger partial charge in [0.2, 0.25) is 0 Å². The van der Waals surface area contributed by atoms with Crippen LogP contribution in [0.25, 0.3) is 0 Å². The van der Waals surface area contributed by atoms with E-state index in [-0.39, 0.29) is 0 Å². The number of hydrogen-bond donors (Lipinski definition) is 1. The number of ether oxygens (including phenoxy) is 1. The molecule has 5 nitrogen and oxygen atoms in total. The van der Waals surface area contributed by atoms with Crippen LogP contribution in [0.2, 0.25) is 0 Å². The lowest BCUT2D eigenvalue weighted by Crippen LogP contribution is -2.02. The molecule has 0 atom stereocenters. The second-order valence-electron chi connectivity index (χ2n) is 3.47. The average Bonchev–Trinajstić information content (AvgIpc) is 2.73. The van der Waals surface area contributed by atoms with E-state index in [0.717, 1.165) is 17.1 Å². The highest BCUT2D eigenvalue weighted by molar-refractivity contribution is 5.20. The van der Waals surface area contributed by atoms with E-state index in [1.807, 2.05) is 23.7 Å². The van der Waals surface area contributed by atoms with E-state index >= 15 is 0 Å². The first kappa shape index (κ1) is 10.6. The number of hydrogen-bond acceptors (Lipinski definition) is 4. The molecule has 16 heavy (non-hydrogen) atoms. The lowest BCUT2D eigenvalue weighted by atomic mass is 10.3. The molecule has 0 aliphatic rings. The van der Waals surface area contributed by atoms with Crippen molar-refractivity contribution < 1.29 is 4.74 Å². The first-order valence-corrected chi connectivity index (χ1v) is 5.02. The molecule has 0 bridgehead atoms. The largest absolute Gasteiger partial charge is 0.486 e. The zero-order valence-electron chi connectivity index (χ0n) is 9.13. The summed E-state index contributed by atoms with van der Waals surface area (Å²) in [5.74, 6) is 0.735. The van der Waals surface area contributed by atoms with Gasteiger partial charge in [-0.25, -0.2) is 4.98 Å². The molecule has 0 saturated heterocycles. The van der Waals surface area contributed by atoms with Crippen LogP contribution < -0.4 is 10.5 Å². The monoisotopic (exact) mass is 218 g/mol. The van der Waals surface area contributed by atoms with Crippen LogP contribution in [-0.4, -0.2) is 14.5 Å². The van der Waals surface area contributed by atoms with E-state index in [4.69, 9.17) is 10.5 Å². The summed E-state index contributed by atoms with van der Waals surface area (Å²) in [5.41, 5.74) is 7.33. The van der Waals surface area contributed by atoms with E-state index in [1.54, 1.807) is 18.7 Å². The van der Waals surface area contributed by atoms with Gasteiger partial charge in [0.15, 0.2) is 0 Å². The van der Waals surface area contributed by atoms with E-state index in [2.05, 4.69) is 9.97 Å². The maximum absolute atomic E-state index is 5.57. The van der Waals surface area contributed by atoms with Gasteiger partial charge in [0.25, 0.3) is 0 Å². The fourth-order valence-corrected chi connectivity index (χ4v) is 1.30. The molecular weight excluding hydrogens is 204 g/mol. The maximum Gasteiger partial charge on any atom is 0.138 e. The van der Waals surface area contributed by atoms with Gasteiger partial charge in [-0.15, -0.1) is 0 Å². The summed E-state index contributed by atoms with van der Waals surface area (Å²) in [7, 11) is 1.93. The summed E-state index contributed by atoms with van der Waals surface area (Å²) < 4.78 is 7.48. The van der Waals surface area contributed by atoms with Crippen LogP contribution in [0.5, 0.6) is 5.75 Å². The van der Waals surface area contributed by atoms with Gasteiger partial charge in [-0.2, -0.15) is 0 Å². The van der Waals surface area contributed by atoms with E-state index in [0.29, 0.717) is 13.2 Å². The third-order valence-electron chi connectivity index (χ3n) is 2.31. The first-order chi connectivity index (χ1) is 7.79. The van der Waals surface area contributed by atoms with E-state index in [1.165, 1.54) is 0 Å². The van der Waals surface area contributed by atoms with Crippen LogP contribution in [0.3, 0.4) is 0 Å². The molecular formula is C11H14N4O. The third kappa shape index (κ3) is 2.38. The van der Waals surface area contributed by atoms with Crippen molar-refractivity contribution in [2.75, 3.05) is 0 Å². The van der Waals surface area contributed by atoms with Gasteiger partial charge in [0, 0.05) is 13.6 Å². The smallest absolute Gasteiger partial charge is 0.138 e. The molecule has 2 heterocycles. The zero-order valence-corrected chi connectivity index (χ0v) is 9.13. The number of nitrogens with two attached hydrogens (primary N) is 1.